The highest BCUT2D eigenvalue weighted by Crippen LogP contribution is 2.11. The lowest BCUT2D eigenvalue weighted by molar-refractivity contribution is -0.0617. The molecule has 0 aromatic rings. The molecule has 15 heavy (non-hydrogen) atoms. The van der Waals surface area contributed by atoms with E-state index in [1.807, 2.05) is 0 Å². The molecule has 0 aliphatic carbocycles. The van der Waals surface area contributed by atoms with Crippen LogP contribution in [0.15, 0.2) is 0 Å². The number of rotatable bonds is 0. The molecule has 1 amide bonds. The zero-order valence-electron chi connectivity index (χ0n) is 9.23. The molecule has 1 aliphatic heterocycles. The Hall–Kier alpha value is -0.850. The predicted octanol–water partition coefficient (Wildman–Crippen LogP) is -0.536. The van der Waals surface area contributed by atoms with Gasteiger partial charge in [0.25, 0.3) is 0 Å². The summed E-state index contributed by atoms with van der Waals surface area (Å²) in [5.41, 5.74) is 2.10. The van der Waals surface area contributed by atoms with E-state index in [1.54, 1.807) is 20.8 Å². The van der Waals surface area contributed by atoms with Crippen LogP contribution in [-0.4, -0.2) is 52.2 Å². The van der Waals surface area contributed by atoms with Gasteiger partial charge >= 0.3 is 6.09 Å². The molecule has 0 spiro atoms. The first kappa shape index (κ1) is 12.2. The van der Waals surface area contributed by atoms with Gasteiger partial charge in [0.2, 0.25) is 0 Å². The number of hydrogen-bond donors (Lipinski definition) is 3. The van der Waals surface area contributed by atoms with Crippen LogP contribution in [0.2, 0.25) is 0 Å². The summed E-state index contributed by atoms with van der Waals surface area (Å²) in [6, 6.07) is 0. The Kier molecular flexibility index (Phi) is 3.54. The van der Waals surface area contributed by atoms with Crippen LogP contribution in [0.25, 0.3) is 0 Å². The van der Waals surface area contributed by atoms with E-state index in [0.29, 0.717) is 0 Å². The second-order valence-electron chi connectivity index (χ2n) is 4.59. The number of nitrogens with one attached hydrogen (secondary N) is 1. The van der Waals surface area contributed by atoms with Crippen molar-refractivity contribution in [3.05, 3.63) is 0 Å². The average Bonchev–Trinajstić information content (AvgIpc) is 2.06. The number of hydrogen-bond acceptors (Lipinski definition) is 5. The van der Waals surface area contributed by atoms with Crippen LogP contribution in [0.1, 0.15) is 20.8 Å². The third-order valence-corrected chi connectivity index (χ3v) is 1.92. The van der Waals surface area contributed by atoms with Crippen molar-refractivity contribution in [2.45, 2.75) is 38.6 Å². The molecule has 1 heterocycles. The van der Waals surface area contributed by atoms with Gasteiger partial charge in [-0.05, 0) is 20.8 Å². The van der Waals surface area contributed by atoms with Gasteiger partial charge in [-0.3, -0.25) is 0 Å². The molecule has 3 N–H and O–H groups in total. The Labute approximate surface area is 88.8 Å². The highest BCUT2D eigenvalue weighted by Gasteiger charge is 2.31. The number of ether oxygens (including phenoxy) is 1. The van der Waals surface area contributed by atoms with Gasteiger partial charge in [-0.1, -0.05) is 0 Å². The second kappa shape index (κ2) is 4.34. The highest BCUT2D eigenvalue weighted by molar-refractivity contribution is 5.67. The van der Waals surface area contributed by atoms with Gasteiger partial charge in [-0.2, -0.15) is 0 Å². The average molecular weight is 218 g/mol. The highest BCUT2D eigenvalue weighted by atomic mass is 16.6. The molecule has 0 aromatic carbocycles. The number of carbonyl (C=O) groups excluding carboxylic acids is 1. The molecule has 0 saturated carbocycles. The minimum Gasteiger partial charge on any atom is -0.443 e. The summed E-state index contributed by atoms with van der Waals surface area (Å²) >= 11 is 0. The van der Waals surface area contributed by atoms with E-state index < -0.39 is 23.9 Å². The lowest BCUT2D eigenvalue weighted by Crippen LogP contribution is -2.59. The second-order valence-corrected chi connectivity index (χ2v) is 4.59. The quantitative estimate of drug-likeness (QED) is 0.509. The van der Waals surface area contributed by atoms with E-state index in [0.717, 1.165) is 0 Å². The Morgan fingerprint density at radius 2 is 2.00 bits per heavy atom. The number of amides is 1. The van der Waals surface area contributed by atoms with Crippen LogP contribution in [0.5, 0.6) is 0 Å². The fourth-order valence-electron chi connectivity index (χ4n) is 1.17. The normalized spacial score (nSPS) is 27.7. The first-order valence-electron chi connectivity index (χ1n) is 4.90. The van der Waals surface area contributed by atoms with Crippen molar-refractivity contribution in [2.75, 3.05) is 13.1 Å². The fourth-order valence-corrected chi connectivity index (χ4v) is 1.17. The molecule has 0 bridgehead atoms. The molecule has 1 rings (SSSR count). The molecule has 6 heteroatoms. The number of aliphatic hydroxyl groups excluding tert-OH is 2. The summed E-state index contributed by atoms with van der Waals surface area (Å²) in [6.45, 7) is 5.46. The van der Waals surface area contributed by atoms with E-state index in [4.69, 9.17) is 4.74 Å². The van der Waals surface area contributed by atoms with E-state index in [2.05, 4.69) is 5.43 Å². The molecule has 1 aliphatic rings. The maximum atomic E-state index is 11.5. The summed E-state index contributed by atoms with van der Waals surface area (Å²) in [4.78, 5) is 11.5. The van der Waals surface area contributed by atoms with Crippen molar-refractivity contribution in [3.63, 3.8) is 0 Å². The summed E-state index contributed by atoms with van der Waals surface area (Å²) in [5.74, 6) is 0. The van der Waals surface area contributed by atoms with Gasteiger partial charge in [-0.15, -0.1) is 0 Å². The van der Waals surface area contributed by atoms with Crippen molar-refractivity contribution < 1.29 is 19.7 Å². The first-order chi connectivity index (χ1) is 6.79. The fraction of sp³-hybridized carbons (Fsp3) is 0.889. The van der Waals surface area contributed by atoms with E-state index in [-0.39, 0.29) is 13.1 Å². The third kappa shape index (κ3) is 3.65. The molecule has 2 atom stereocenters. The van der Waals surface area contributed by atoms with E-state index in [9.17, 15) is 15.0 Å². The summed E-state index contributed by atoms with van der Waals surface area (Å²) in [5, 5.41) is 19.7. The van der Waals surface area contributed by atoms with Crippen LogP contribution in [-0.2, 0) is 4.74 Å². The number of hydrazine groups is 1. The van der Waals surface area contributed by atoms with Crippen molar-refractivity contribution in [3.8, 4) is 0 Å². The zero-order chi connectivity index (χ0) is 11.6. The third-order valence-electron chi connectivity index (χ3n) is 1.92. The lowest BCUT2D eigenvalue weighted by atomic mass is 10.2. The van der Waals surface area contributed by atoms with Gasteiger partial charge < -0.3 is 14.9 Å². The first-order valence-corrected chi connectivity index (χ1v) is 4.90. The molecular formula is C9H18N2O4. The van der Waals surface area contributed by atoms with Crippen LogP contribution >= 0.6 is 0 Å². The molecule has 0 radical (unpaired) electrons. The largest absolute Gasteiger partial charge is 0.443 e. The van der Waals surface area contributed by atoms with Gasteiger partial charge in [0.05, 0.1) is 12.6 Å². The standard InChI is InChI=1S/C9H18N2O4/c1-9(2,3)15-8(14)11-5-7(13)6(12)4-10-11/h6-7,10,12-13H,4-5H2,1-3H3/t6-,7+/m1/s1. The van der Waals surface area contributed by atoms with Crippen molar-refractivity contribution in [1.29, 1.82) is 0 Å². The van der Waals surface area contributed by atoms with E-state index in [1.165, 1.54) is 5.01 Å². The maximum Gasteiger partial charge on any atom is 0.424 e. The Bertz CT molecular complexity index is 239. The van der Waals surface area contributed by atoms with Gasteiger partial charge in [0.15, 0.2) is 0 Å². The number of β-amino-alcohol motifs (C(OH)–C–C–N with tert-alkyl or cyclic N) is 2. The minimum absolute atomic E-state index is 0.0239. The summed E-state index contributed by atoms with van der Waals surface area (Å²) in [7, 11) is 0. The number of carbonyl (C=O) groups is 1. The summed E-state index contributed by atoms with van der Waals surface area (Å²) in [6.07, 6.45) is -2.32. The van der Waals surface area contributed by atoms with E-state index >= 15 is 0 Å². The monoisotopic (exact) mass is 218 g/mol. The molecule has 6 nitrogen and oxygen atoms in total. The van der Waals surface area contributed by atoms with Crippen LogP contribution < -0.4 is 5.43 Å². The summed E-state index contributed by atoms with van der Waals surface area (Å²) < 4.78 is 5.09. The SMILES string of the molecule is CC(C)(C)OC(=O)N1C[C@H](O)[C@H](O)CN1. The van der Waals surface area contributed by atoms with Gasteiger partial charge in [-0.25, -0.2) is 15.2 Å². The van der Waals surface area contributed by atoms with Crippen molar-refractivity contribution in [1.82, 2.24) is 10.4 Å². The van der Waals surface area contributed by atoms with Crippen molar-refractivity contribution >= 4 is 6.09 Å². The Morgan fingerprint density at radius 1 is 1.40 bits per heavy atom. The van der Waals surface area contributed by atoms with Crippen LogP contribution in [0.3, 0.4) is 0 Å². The number of aliphatic hydroxyl groups is 2. The molecule has 1 saturated heterocycles. The Balaban J connectivity index is 2.48. The lowest BCUT2D eigenvalue weighted by Gasteiger charge is -2.34. The van der Waals surface area contributed by atoms with Crippen molar-refractivity contribution in [2.24, 2.45) is 0 Å². The number of nitrogens with zero attached hydrogens (tertiary/aromatic N) is 1. The molecule has 0 unspecified atom stereocenters. The van der Waals surface area contributed by atoms with Gasteiger partial charge in [0, 0.05) is 6.54 Å². The maximum absolute atomic E-state index is 11.5. The van der Waals surface area contributed by atoms with Crippen LogP contribution in [0.4, 0.5) is 4.79 Å². The molecule has 88 valence electrons. The Morgan fingerprint density at radius 3 is 2.47 bits per heavy atom. The predicted molar refractivity (Wildman–Crippen MR) is 53.0 cm³/mol. The molecule has 1 fully saturated rings. The van der Waals surface area contributed by atoms with Crippen LogP contribution in [0, 0.1) is 0 Å². The molecular weight excluding hydrogens is 200 g/mol. The zero-order valence-corrected chi connectivity index (χ0v) is 9.23. The van der Waals surface area contributed by atoms with Gasteiger partial charge in [0.1, 0.15) is 11.7 Å². The minimum atomic E-state index is -0.932. The molecule has 0 aromatic heterocycles. The topological polar surface area (TPSA) is 82.0 Å². The smallest absolute Gasteiger partial charge is 0.424 e.